The van der Waals surface area contributed by atoms with Gasteiger partial charge in [0.25, 0.3) is 0 Å². The van der Waals surface area contributed by atoms with Crippen LogP contribution in [-0.2, 0) is 14.3 Å². The van der Waals surface area contributed by atoms with Crippen LogP contribution in [0.4, 0.5) is 0 Å². The molecule has 0 saturated carbocycles. The van der Waals surface area contributed by atoms with Crippen LogP contribution in [0.1, 0.15) is 32.6 Å². The van der Waals surface area contributed by atoms with Crippen molar-refractivity contribution < 1.29 is 14.3 Å². The van der Waals surface area contributed by atoms with Crippen LogP contribution < -0.4 is 0 Å². The van der Waals surface area contributed by atoms with E-state index < -0.39 is 11.9 Å². The van der Waals surface area contributed by atoms with Crippen molar-refractivity contribution in [3.63, 3.8) is 0 Å². The molecule has 1 amide bonds. The first-order valence-electron chi connectivity index (χ1n) is 6.37. The van der Waals surface area contributed by atoms with E-state index in [0.717, 1.165) is 12.8 Å². The van der Waals surface area contributed by atoms with Gasteiger partial charge < -0.3 is 9.64 Å². The Morgan fingerprint density at radius 3 is 3.06 bits per heavy atom. The number of nitrogens with zero attached hydrogens (tertiary/aromatic N) is 1. The highest BCUT2D eigenvalue weighted by molar-refractivity contribution is 6.32. The molecule has 0 bridgehead atoms. The van der Waals surface area contributed by atoms with E-state index in [2.05, 4.69) is 6.08 Å². The number of amides is 1. The zero-order valence-corrected chi connectivity index (χ0v) is 10.3. The molecule has 0 spiro atoms. The number of allylic oxidation sites excluding steroid dienone is 1. The summed E-state index contributed by atoms with van der Waals surface area (Å²) >= 11 is 0. The van der Waals surface area contributed by atoms with E-state index in [9.17, 15) is 9.59 Å². The van der Waals surface area contributed by atoms with Gasteiger partial charge in [0.2, 0.25) is 0 Å². The first kappa shape index (κ1) is 12.1. The molecule has 2 rings (SSSR count). The minimum absolute atomic E-state index is 0.254. The van der Waals surface area contributed by atoms with E-state index in [0.29, 0.717) is 19.0 Å². The molecule has 1 aliphatic carbocycles. The number of esters is 1. The van der Waals surface area contributed by atoms with Crippen LogP contribution in [0.15, 0.2) is 11.6 Å². The Labute approximate surface area is 102 Å². The molecular weight excluding hydrogens is 218 g/mol. The maximum atomic E-state index is 11.8. The number of carbonyl (C=O) groups is 2. The summed E-state index contributed by atoms with van der Waals surface area (Å²) in [6, 6.07) is 0. The highest BCUT2D eigenvalue weighted by Gasteiger charge is 2.31. The van der Waals surface area contributed by atoms with Crippen LogP contribution in [0.2, 0.25) is 0 Å². The summed E-state index contributed by atoms with van der Waals surface area (Å²) in [5, 5.41) is 0. The fourth-order valence-electron chi connectivity index (χ4n) is 2.63. The van der Waals surface area contributed by atoms with Crippen LogP contribution in [-0.4, -0.2) is 36.5 Å². The molecule has 1 heterocycles. The Bertz CT molecular complexity index is 349. The molecule has 94 valence electrons. The molecule has 17 heavy (non-hydrogen) atoms. The summed E-state index contributed by atoms with van der Waals surface area (Å²) in [6.45, 7) is 3.26. The largest absolute Gasteiger partial charge is 0.459 e. The molecule has 4 nitrogen and oxygen atoms in total. The fourth-order valence-corrected chi connectivity index (χ4v) is 2.63. The van der Waals surface area contributed by atoms with Gasteiger partial charge in [0.15, 0.2) is 0 Å². The summed E-state index contributed by atoms with van der Waals surface area (Å²) in [5.41, 5.74) is 1.33. The van der Waals surface area contributed by atoms with Crippen molar-refractivity contribution in [1.29, 1.82) is 0 Å². The highest BCUT2D eigenvalue weighted by Crippen LogP contribution is 2.31. The van der Waals surface area contributed by atoms with Gasteiger partial charge in [-0.05, 0) is 38.5 Å². The van der Waals surface area contributed by atoms with E-state index in [-0.39, 0.29) is 6.61 Å². The number of hydrogen-bond donors (Lipinski definition) is 0. The fraction of sp³-hybridized carbons (Fsp3) is 0.692. The van der Waals surface area contributed by atoms with Crippen molar-refractivity contribution in [2.45, 2.75) is 32.6 Å². The molecule has 0 aromatic heterocycles. The lowest BCUT2D eigenvalue weighted by molar-refractivity contribution is -0.160. The van der Waals surface area contributed by atoms with Gasteiger partial charge in [0, 0.05) is 13.1 Å². The molecule has 1 unspecified atom stereocenters. The lowest BCUT2D eigenvalue weighted by Crippen LogP contribution is -2.44. The Balaban J connectivity index is 1.97. The average Bonchev–Trinajstić information content (AvgIpc) is 2.37. The van der Waals surface area contributed by atoms with Gasteiger partial charge >= 0.3 is 11.9 Å². The van der Waals surface area contributed by atoms with E-state index >= 15 is 0 Å². The summed E-state index contributed by atoms with van der Waals surface area (Å²) in [7, 11) is 0. The van der Waals surface area contributed by atoms with Gasteiger partial charge in [-0.3, -0.25) is 4.79 Å². The second-order valence-corrected chi connectivity index (χ2v) is 4.64. The number of ether oxygens (including phenoxy) is 1. The van der Waals surface area contributed by atoms with Crippen LogP contribution in [0.25, 0.3) is 0 Å². The molecule has 1 saturated heterocycles. The normalized spacial score (nSPS) is 23.7. The average molecular weight is 237 g/mol. The van der Waals surface area contributed by atoms with E-state index in [4.69, 9.17) is 4.74 Å². The molecule has 4 heteroatoms. The van der Waals surface area contributed by atoms with Crippen LogP contribution >= 0.6 is 0 Å². The molecule has 1 atom stereocenters. The van der Waals surface area contributed by atoms with Gasteiger partial charge in [-0.25, -0.2) is 4.79 Å². The molecule has 0 N–H and O–H groups in total. The lowest BCUT2D eigenvalue weighted by atomic mass is 9.82. The van der Waals surface area contributed by atoms with Gasteiger partial charge in [-0.15, -0.1) is 0 Å². The standard InChI is InChI=1S/C13H19NO3/c1-2-17-13(16)12(15)14-8-7-10-5-3-4-6-11(10)9-14/h6,10H,2-5,7-9H2,1H3. The summed E-state index contributed by atoms with van der Waals surface area (Å²) in [4.78, 5) is 24.8. The van der Waals surface area contributed by atoms with E-state index in [1.807, 2.05) is 0 Å². The lowest BCUT2D eigenvalue weighted by Gasteiger charge is -2.35. The van der Waals surface area contributed by atoms with E-state index in [1.165, 1.54) is 18.4 Å². The zero-order valence-electron chi connectivity index (χ0n) is 10.3. The van der Waals surface area contributed by atoms with Gasteiger partial charge in [-0.2, -0.15) is 0 Å². The predicted molar refractivity (Wildman–Crippen MR) is 63.3 cm³/mol. The number of hydrogen-bond acceptors (Lipinski definition) is 3. The maximum absolute atomic E-state index is 11.8. The number of rotatable bonds is 1. The number of likely N-dealkylation sites (tertiary alicyclic amines) is 1. The smallest absolute Gasteiger partial charge is 0.397 e. The Morgan fingerprint density at radius 2 is 2.29 bits per heavy atom. The molecule has 1 fully saturated rings. The Morgan fingerprint density at radius 1 is 1.47 bits per heavy atom. The van der Waals surface area contributed by atoms with Gasteiger partial charge in [0.05, 0.1) is 6.61 Å². The molecule has 0 radical (unpaired) electrons. The van der Waals surface area contributed by atoms with Crippen molar-refractivity contribution in [3.8, 4) is 0 Å². The molecular formula is C13H19NO3. The highest BCUT2D eigenvalue weighted by atomic mass is 16.5. The molecule has 2 aliphatic rings. The SMILES string of the molecule is CCOC(=O)C(=O)N1CCC2CCCC=C2C1. The van der Waals surface area contributed by atoms with Crippen LogP contribution in [0.5, 0.6) is 0 Å². The van der Waals surface area contributed by atoms with Crippen LogP contribution in [0, 0.1) is 5.92 Å². The van der Waals surface area contributed by atoms with E-state index in [1.54, 1.807) is 11.8 Å². The number of carbonyl (C=O) groups excluding carboxylic acids is 2. The first-order valence-corrected chi connectivity index (χ1v) is 6.37. The zero-order chi connectivity index (χ0) is 12.3. The molecule has 0 aromatic rings. The number of piperidine rings is 1. The summed E-state index contributed by atoms with van der Waals surface area (Å²) in [5.74, 6) is -0.575. The summed E-state index contributed by atoms with van der Waals surface area (Å²) < 4.78 is 4.74. The molecule has 1 aliphatic heterocycles. The maximum Gasteiger partial charge on any atom is 0.397 e. The quantitative estimate of drug-likeness (QED) is 0.394. The Kier molecular flexibility index (Phi) is 3.82. The Hall–Kier alpha value is -1.32. The van der Waals surface area contributed by atoms with Crippen LogP contribution in [0.3, 0.4) is 0 Å². The third kappa shape index (κ3) is 2.68. The monoisotopic (exact) mass is 237 g/mol. The number of fused-ring (bicyclic) bond motifs is 1. The van der Waals surface area contributed by atoms with Crippen molar-refractivity contribution >= 4 is 11.9 Å². The topological polar surface area (TPSA) is 46.6 Å². The second kappa shape index (κ2) is 5.34. The van der Waals surface area contributed by atoms with Gasteiger partial charge in [0.1, 0.15) is 0 Å². The predicted octanol–water partition coefficient (Wildman–Crippen LogP) is 1.51. The molecule has 0 aromatic carbocycles. The summed E-state index contributed by atoms with van der Waals surface area (Å²) in [6.07, 6.45) is 6.80. The minimum atomic E-state index is -0.720. The van der Waals surface area contributed by atoms with Crippen molar-refractivity contribution in [2.24, 2.45) is 5.92 Å². The third-order valence-electron chi connectivity index (χ3n) is 3.55. The van der Waals surface area contributed by atoms with Crippen molar-refractivity contribution in [3.05, 3.63) is 11.6 Å². The second-order valence-electron chi connectivity index (χ2n) is 4.64. The first-order chi connectivity index (χ1) is 8.22. The third-order valence-corrected chi connectivity index (χ3v) is 3.55. The minimum Gasteiger partial charge on any atom is -0.459 e. The van der Waals surface area contributed by atoms with Crippen molar-refractivity contribution in [1.82, 2.24) is 4.90 Å². The van der Waals surface area contributed by atoms with Gasteiger partial charge in [-0.1, -0.05) is 11.6 Å². The van der Waals surface area contributed by atoms with Crippen molar-refractivity contribution in [2.75, 3.05) is 19.7 Å².